The SMILES string of the molecule is CN(C)CCNC(=O)c1cnc(Nc2ccc(Br)cc2)nc1. The van der Waals surface area contributed by atoms with Crippen molar-refractivity contribution in [2.75, 3.05) is 32.5 Å². The van der Waals surface area contributed by atoms with Gasteiger partial charge in [0.05, 0.1) is 5.56 Å². The molecule has 1 heterocycles. The van der Waals surface area contributed by atoms with Crippen LogP contribution in [0, 0.1) is 0 Å². The zero-order valence-corrected chi connectivity index (χ0v) is 14.1. The summed E-state index contributed by atoms with van der Waals surface area (Å²) < 4.78 is 1.00. The number of nitrogens with one attached hydrogen (secondary N) is 2. The zero-order valence-electron chi connectivity index (χ0n) is 12.5. The van der Waals surface area contributed by atoms with E-state index in [1.165, 1.54) is 12.4 Å². The van der Waals surface area contributed by atoms with Gasteiger partial charge in [0.2, 0.25) is 5.95 Å². The first-order valence-electron chi connectivity index (χ1n) is 6.82. The van der Waals surface area contributed by atoms with Gasteiger partial charge in [-0.15, -0.1) is 0 Å². The van der Waals surface area contributed by atoms with Crippen LogP contribution in [-0.4, -0.2) is 48.0 Å². The zero-order chi connectivity index (χ0) is 15.9. The number of likely N-dealkylation sites (N-methyl/N-ethyl adjacent to an activating group) is 1. The monoisotopic (exact) mass is 363 g/mol. The molecule has 0 saturated carbocycles. The van der Waals surface area contributed by atoms with Gasteiger partial charge < -0.3 is 15.5 Å². The Hall–Kier alpha value is -1.99. The van der Waals surface area contributed by atoms with Crippen molar-refractivity contribution in [1.82, 2.24) is 20.2 Å². The Balaban J connectivity index is 1.92. The molecule has 2 aromatic rings. The van der Waals surface area contributed by atoms with Crippen LogP contribution in [0.4, 0.5) is 11.6 Å². The predicted octanol–water partition coefficient (Wildman–Crippen LogP) is 2.27. The molecule has 0 aliphatic carbocycles. The third kappa shape index (κ3) is 5.09. The molecule has 0 fully saturated rings. The van der Waals surface area contributed by atoms with E-state index in [2.05, 4.69) is 36.5 Å². The van der Waals surface area contributed by atoms with Crippen molar-refractivity contribution in [3.8, 4) is 0 Å². The summed E-state index contributed by atoms with van der Waals surface area (Å²) in [6.07, 6.45) is 3.03. The lowest BCUT2D eigenvalue weighted by Gasteiger charge is -2.10. The maximum atomic E-state index is 11.9. The molecule has 0 bridgehead atoms. The Morgan fingerprint density at radius 1 is 1.18 bits per heavy atom. The first-order chi connectivity index (χ1) is 10.5. The van der Waals surface area contributed by atoms with E-state index < -0.39 is 0 Å². The number of amides is 1. The molecule has 116 valence electrons. The standard InChI is InChI=1S/C15H18BrN5O/c1-21(2)8-7-17-14(22)11-9-18-15(19-10-11)20-13-5-3-12(16)4-6-13/h3-6,9-10H,7-8H2,1-2H3,(H,17,22)(H,18,19,20). The van der Waals surface area contributed by atoms with E-state index in [4.69, 9.17) is 0 Å². The average Bonchev–Trinajstić information content (AvgIpc) is 2.50. The van der Waals surface area contributed by atoms with Gasteiger partial charge in [0.1, 0.15) is 0 Å². The molecule has 0 aliphatic rings. The number of carbonyl (C=O) groups is 1. The van der Waals surface area contributed by atoms with Crippen molar-refractivity contribution in [2.24, 2.45) is 0 Å². The summed E-state index contributed by atoms with van der Waals surface area (Å²) in [4.78, 5) is 22.2. The molecule has 6 nitrogen and oxygen atoms in total. The number of aromatic nitrogens is 2. The fraction of sp³-hybridized carbons (Fsp3) is 0.267. The molecule has 0 unspecified atom stereocenters. The van der Waals surface area contributed by atoms with Crippen LogP contribution in [0.3, 0.4) is 0 Å². The number of hydrogen-bond donors (Lipinski definition) is 2. The molecule has 1 aromatic heterocycles. The number of nitrogens with zero attached hydrogens (tertiary/aromatic N) is 3. The van der Waals surface area contributed by atoms with Crippen LogP contribution in [0.1, 0.15) is 10.4 Å². The summed E-state index contributed by atoms with van der Waals surface area (Å²) in [6.45, 7) is 1.38. The van der Waals surface area contributed by atoms with Crippen LogP contribution in [0.15, 0.2) is 41.1 Å². The summed E-state index contributed by atoms with van der Waals surface area (Å²) in [5.41, 5.74) is 1.33. The highest BCUT2D eigenvalue weighted by Gasteiger charge is 2.07. The molecule has 0 saturated heterocycles. The summed E-state index contributed by atoms with van der Waals surface area (Å²) in [5.74, 6) is 0.282. The van der Waals surface area contributed by atoms with E-state index in [1.807, 2.05) is 43.3 Å². The first kappa shape index (κ1) is 16.4. The molecule has 0 spiro atoms. The fourth-order valence-electron chi connectivity index (χ4n) is 1.67. The first-order valence-corrected chi connectivity index (χ1v) is 7.61. The van der Waals surface area contributed by atoms with Crippen LogP contribution >= 0.6 is 15.9 Å². The Morgan fingerprint density at radius 3 is 2.41 bits per heavy atom. The van der Waals surface area contributed by atoms with Crippen LogP contribution in [0.5, 0.6) is 0 Å². The number of anilines is 2. The maximum absolute atomic E-state index is 11.9. The number of halogens is 1. The van der Waals surface area contributed by atoms with E-state index in [9.17, 15) is 4.79 Å². The molecule has 0 atom stereocenters. The van der Waals surface area contributed by atoms with Gasteiger partial charge >= 0.3 is 0 Å². The lowest BCUT2D eigenvalue weighted by atomic mass is 10.3. The van der Waals surface area contributed by atoms with Crippen molar-refractivity contribution >= 4 is 33.5 Å². The van der Waals surface area contributed by atoms with Gasteiger partial charge in [-0.3, -0.25) is 4.79 Å². The number of carbonyl (C=O) groups excluding carboxylic acids is 1. The quantitative estimate of drug-likeness (QED) is 0.823. The second-order valence-electron chi connectivity index (χ2n) is 4.99. The van der Waals surface area contributed by atoms with Crippen LogP contribution in [0.2, 0.25) is 0 Å². The van der Waals surface area contributed by atoms with E-state index in [-0.39, 0.29) is 5.91 Å². The highest BCUT2D eigenvalue weighted by Crippen LogP contribution is 2.16. The summed E-state index contributed by atoms with van der Waals surface area (Å²) in [7, 11) is 3.91. The number of rotatable bonds is 6. The smallest absolute Gasteiger partial charge is 0.254 e. The van der Waals surface area contributed by atoms with Gasteiger partial charge in [-0.1, -0.05) is 15.9 Å². The molecule has 7 heteroatoms. The Kier molecular flexibility index (Phi) is 5.85. The minimum atomic E-state index is -0.169. The normalized spacial score (nSPS) is 10.5. The second-order valence-corrected chi connectivity index (χ2v) is 5.90. The number of benzene rings is 1. The van der Waals surface area contributed by atoms with E-state index in [0.717, 1.165) is 16.7 Å². The minimum Gasteiger partial charge on any atom is -0.351 e. The third-order valence-electron chi connectivity index (χ3n) is 2.86. The molecular weight excluding hydrogens is 346 g/mol. The predicted molar refractivity (Wildman–Crippen MR) is 90.3 cm³/mol. The summed E-state index contributed by atoms with van der Waals surface area (Å²) in [6, 6.07) is 7.68. The van der Waals surface area contributed by atoms with Gasteiger partial charge in [-0.25, -0.2) is 9.97 Å². The van der Waals surface area contributed by atoms with Crippen LogP contribution in [0.25, 0.3) is 0 Å². The molecule has 0 radical (unpaired) electrons. The molecule has 1 amide bonds. The van der Waals surface area contributed by atoms with Crippen molar-refractivity contribution in [3.05, 3.63) is 46.7 Å². The highest BCUT2D eigenvalue weighted by molar-refractivity contribution is 9.10. The molecule has 1 aromatic carbocycles. The van der Waals surface area contributed by atoms with E-state index in [0.29, 0.717) is 18.1 Å². The van der Waals surface area contributed by atoms with E-state index >= 15 is 0 Å². The topological polar surface area (TPSA) is 70.2 Å². The largest absolute Gasteiger partial charge is 0.351 e. The van der Waals surface area contributed by atoms with Crippen molar-refractivity contribution in [1.29, 1.82) is 0 Å². The van der Waals surface area contributed by atoms with Gasteiger partial charge in [0.25, 0.3) is 5.91 Å². The molecule has 2 rings (SSSR count). The molecule has 22 heavy (non-hydrogen) atoms. The maximum Gasteiger partial charge on any atom is 0.254 e. The summed E-state index contributed by atoms with van der Waals surface area (Å²) >= 11 is 3.38. The van der Waals surface area contributed by atoms with Crippen LogP contribution in [-0.2, 0) is 0 Å². The van der Waals surface area contributed by atoms with Crippen molar-refractivity contribution < 1.29 is 4.79 Å². The Morgan fingerprint density at radius 2 is 1.82 bits per heavy atom. The molecule has 2 N–H and O–H groups in total. The fourth-order valence-corrected chi connectivity index (χ4v) is 1.93. The Bertz CT molecular complexity index is 613. The minimum absolute atomic E-state index is 0.169. The summed E-state index contributed by atoms with van der Waals surface area (Å²) in [5, 5.41) is 5.89. The van der Waals surface area contributed by atoms with Gasteiger partial charge in [-0.05, 0) is 38.4 Å². The third-order valence-corrected chi connectivity index (χ3v) is 3.39. The lowest BCUT2D eigenvalue weighted by Crippen LogP contribution is -2.31. The van der Waals surface area contributed by atoms with Gasteiger partial charge in [-0.2, -0.15) is 0 Å². The van der Waals surface area contributed by atoms with E-state index in [1.54, 1.807) is 0 Å². The van der Waals surface area contributed by atoms with Gasteiger partial charge in [0, 0.05) is 35.6 Å². The second kappa shape index (κ2) is 7.86. The van der Waals surface area contributed by atoms with Crippen LogP contribution < -0.4 is 10.6 Å². The van der Waals surface area contributed by atoms with Gasteiger partial charge in [0.15, 0.2) is 0 Å². The lowest BCUT2D eigenvalue weighted by molar-refractivity contribution is 0.0950. The average molecular weight is 364 g/mol. The Labute approximate surface area is 138 Å². The molecule has 0 aliphatic heterocycles. The van der Waals surface area contributed by atoms with Crippen molar-refractivity contribution in [2.45, 2.75) is 0 Å². The van der Waals surface area contributed by atoms with Crippen molar-refractivity contribution in [3.63, 3.8) is 0 Å². The molecular formula is C15H18BrN5O. The highest BCUT2D eigenvalue weighted by atomic mass is 79.9. The number of hydrogen-bond acceptors (Lipinski definition) is 5.